The number of anilines is 1. The Kier molecular flexibility index (Phi) is 10.4. The molecule has 8 nitrogen and oxygen atoms in total. The molecule has 4 aromatic carbocycles. The Hall–Kier alpha value is -4.35. The molecule has 0 radical (unpaired) electrons. The molecule has 1 saturated heterocycles. The van der Waals surface area contributed by atoms with E-state index in [0.717, 1.165) is 28.0 Å². The van der Waals surface area contributed by atoms with Crippen LogP contribution < -0.4 is 14.4 Å². The third-order valence-electron chi connectivity index (χ3n) is 7.56. The van der Waals surface area contributed by atoms with Crippen molar-refractivity contribution in [2.75, 3.05) is 11.5 Å². The van der Waals surface area contributed by atoms with Gasteiger partial charge in [-0.3, -0.25) is 14.5 Å². The van der Waals surface area contributed by atoms with Crippen LogP contribution in [0.4, 0.5) is 5.13 Å². The van der Waals surface area contributed by atoms with E-state index >= 15 is 0 Å². The molecule has 1 aliphatic rings. The number of ether oxygens (including phenoxy) is 2. The minimum absolute atomic E-state index is 0.0680. The van der Waals surface area contributed by atoms with Crippen molar-refractivity contribution >= 4 is 68.9 Å². The van der Waals surface area contributed by atoms with Crippen molar-refractivity contribution < 1.29 is 24.2 Å². The zero-order valence-corrected chi connectivity index (χ0v) is 29.0. The van der Waals surface area contributed by atoms with Crippen LogP contribution in [0.25, 0.3) is 5.76 Å². The Labute approximate surface area is 295 Å². The monoisotopic (exact) mass is 717 g/mol. The zero-order chi connectivity index (χ0) is 33.8. The van der Waals surface area contributed by atoms with Gasteiger partial charge in [-0.1, -0.05) is 119 Å². The Morgan fingerprint density at radius 2 is 1.71 bits per heavy atom. The maximum Gasteiger partial charge on any atom is 0.301 e. The Balaban J connectivity index is 1.39. The highest BCUT2D eigenvalue weighted by Crippen LogP contribution is 2.46. The average Bonchev–Trinajstić information content (AvgIpc) is 3.66. The van der Waals surface area contributed by atoms with E-state index < -0.39 is 17.7 Å². The summed E-state index contributed by atoms with van der Waals surface area (Å²) in [5.41, 5.74) is 3.69. The number of amides is 1. The lowest BCUT2D eigenvalue weighted by molar-refractivity contribution is -0.132. The number of carbonyl (C=O) groups excluding carboxylic acids is 2. The highest BCUT2D eigenvalue weighted by molar-refractivity contribution is 8.00. The Morgan fingerprint density at radius 1 is 0.938 bits per heavy atom. The van der Waals surface area contributed by atoms with Crippen LogP contribution in [0.1, 0.15) is 40.8 Å². The van der Waals surface area contributed by atoms with Crippen LogP contribution in [-0.2, 0) is 21.9 Å². The van der Waals surface area contributed by atoms with Gasteiger partial charge in [-0.15, -0.1) is 10.2 Å². The van der Waals surface area contributed by atoms with Crippen molar-refractivity contribution in [1.29, 1.82) is 0 Å². The zero-order valence-electron chi connectivity index (χ0n) is 25.9. The van der Waals surface area contributed by atoms with Crippen LogP contribution in [0.2, 0.25) is 10.0 Å². The molecular formula is C36H29Cl2N3O5S2. The first-order valence-corrected chi connectivity index (χ1v) is 17.5. The molecule has 6 rings (SSSR count). The lowest BCUT2D eigenvalue weighted by Crippen LogP contribution is -2.29. The van der Waals surface area contributed by atoms with E-state index in [1.165, 1.54) is 16.7 Å². The van der Waals surface area contributed by atoms with Crippen molar-refractivity contribution in [3.05, 3.63) is 134 Å². The number of ketones is 1. The average molecular weight is 719 g/mol. The minimum Gasteiger partial charge on any atom is -0.507 e. The summed E-state index contributed by atoms with van der Waals surface area (Å²) in [4.78, 5) is 28.8. The first-order valence-electron chi connectivity index (χ1n) is 14.9. The first kappa shape index (κ1) is 33.5. The van der Waals surface area contributed by atoms with E-state index in [9.17, 15) is 14.7 Å². The number of benzene rings is 4. The normalized spacial score (nSPS) is 15.6. The van der Waals surface area contributed by atoms with Crippen LogP contribution in [0, 0.1) is 6.92 Å². The number of nitrogens with zero attached hydrogens (tertiary/aromatic N) is 3. The van der Waals surface area contributed by atoms with E-state index in [1.807, 2.05) is 62.4 Å². The third-order valence-corrected chi connectivity index (χ3v) is 10.2. The summed E-state index contributed by atoms with van der Waals surface area (Å²) in [6.07, 6.45) is 0. The molecule has 2 heterocycles. The second-order valence-corrected chi connectivity index (χ2v) is 13.8. The van der Waals surface area contributed by atoms with Crippen molar-refractivity contribution in [3.8, 4) is 11.5 Å². The Bertz CT molecular complexity index is 2000. The molecule has 1 amide bonds. The van der Waals surface area contributed by atoms with Gasteiger partial charge in [0.1, 0.15) is 12.4 Å². The molecule has 0 aliphatic carbocycles. The number of thioether (sulfide) groups is 1. The summed E-state index contributed by atoms with van der Waals surface area (Å²) in [5.74, 6) is -0.541. The number of halogens is 2. The smallest absolute Gasteiger partial charge is 0.301 e. The van der Waals surface area contributed by atoms with Crippen molar-refractivity contribution in [3.63, 3.8) is 0 Å². The highest BCUT2D eigenvalue weighted by atomic mass is 35.5. The van der Waals surface area contributed by atoms with Crippen LogP contribution in [0.15, 0.2) is 101 Å². The highest BCUT2D eigenvalue weighted by Gasteiger charge is 2.48. The molecule has 244 valence electrons. The molecule has 12 heteroatoms. The van der Waals surface area contributed by atoms with Gasteiger partial charge in [0, 0.05) is 21.4 Å². The van der Waals surface area contributed by atoms with Crippen LogP contribution in [0.5, 0.6) is 11.5 Å². The number of aliphatic hydroxyl groups is 1. The van der Waals surface area contributed by atoms with Crippen molar-refractivity contribution in [2.45, 2.75) is 36.6 Å². The first-order chi connectivity index (χ1) is 23.2. The fourth-order valence-corrected chi connectivity index (χ4v) is 7.59. The van der Waals surface area contributed by atoms with Gasteiger partial charge in [0.05, 0.1) is 18.2 Å². The standard InChI is InChI=1S/C36H29Cl2N3O5S2/c1-3-45-29-17-24(14-16-28(29)46-19-22-7-5-4-6-8-22)31-30(32(42)23-11-9-21(2)10-12-23)33(43)34(44)41(31)35-39-40-36(48-35)47-20-25-13-15-26(37)18-27(25)38/h4-18,31,42H,3,19-20H2,1-2H3/b32-30+. The lowest BCUT2D eigenvalue weighted by Gasteiger charge is -2.23. The molecule has 5 aromatic rings. The number of aliphatic hydroxyl groups excluding tert-OH is 1. The van der Waals surface area contributed by atoms with Crippen molar-refractivity contribution in [2.24, 2.45) is 0 Å². The largest absolute Gasteiger partial charge is 0.507 e. The predicted molar refractivity (Wildman–Crippen MR) is 190 cm³/mol. The summed E-state index contributed by atoms with van der Waals surface area (Å²) in [6, 6.07) is 26.3. The van der Waals surface area contributed by atoms with Crippen LogP contribution in [0.3, 0.4) is 0 Å². The maximum absolute atomic E-state index is 13.8. The van der Waals surface area contributed by atoms with Gasteiger partial charge in [0.15, 0.2) is 15.8 Å². The van der Waals surface area contributed by atoms with Crippen LogP contribution >= 0.6 is 46.3 Å². The van der Waals surface area contributed by atoms with Gasteiger partial charge in [0.2, 0.25) is 5.13 Å². The molecule has 1 unspecified atom stereocenters. The summed E-state index contributed by atoms with van der Waals surface area (Å²) in [5, 5.41) is 21.4. The van der Waals surface area contributed by atoms with Crippen LogP contribution in [-0.4, -0.2) is 33.6 Å². The molecule has 1 aliphatic heterocycles. The number of aryl methyl sites for hydroxylation is 1. The fraction of sp³-hybridized carbons (Fsp3) is 0.167. The maximum atomic E-state index is 13.8. The van der Waals surface area contributed by atoms with Gasteiger partial charge in [-0.2, -0.15) is 0 Å². The van der Waals surface area contributed by atoms with E-state index in [1.54, 1.807) is 42.5 Å². The third kappa shape index (κ3) is 7.22. The number of aromatic nitrogens is 2. The van der Waals surface area contributed by atoms with Gasteiger partial charge < -0.3 is 14.6 Å². The van der Waals surface area contributed by atoms with E-state index in [0.29, 0.717) is 56.0 Å². The second-order valence-electron chi connectivity index (χ2n) is 10.8. The predicted octanol–water partition coefficient (Wildman–Crippen LogP) is 9.05. The Morgan fingerprint density at radius 3 is 2.44 bits per heavy atom. The molecule has 0 spiro atoms. The molecule has 48 heavy (non-hydrogen) atoms. The number of hydrogen-bond acceptors (Lipinski definition) is 9. The number of carbonyl (C=O) groups is 2. The van der Waals surface area contributed by atoms with E-state index in [2.05, 4.69) is 10.2 Å². The van der Waals surface area contributed by atoms with Crippen molar-refractivity contribution in [1.82, 2.24) is 10.2 Å². The van der Waals surface area contributed by atoms with Gasteiger partial charge in [0.25, 0.3) is 5.78 Å². The molecule has 0 bridgehead atoms. The molecular weight excluding hydrogens is 689 g/mol. The number of Topliss-reactive ketones (excluding diaryl/α,β-unsaturated/α-hetero) is 1. The summed E-state index contributed by atoms with van der Waals surface area (Å²) < 4.78 is 12.6. The number of hydrogen-bond donors (Lipinski definition) is 1. The van der Waals surface area contributed by atoms with E-state index in [4.69, 9.17) is 32.7 Å². The van der Waals surface area contributed by atoms with E-state index in [-0.39, 0.29) is 16.5 Å². The quantitative estimate of drug-likeness (QED) is 0.0475. The minimum atomic E-state index is -1.02. The summed E-state index contributed by atoms with van der Waals surface area (Å²) >= 11 is 15.0. The molecule has 1 aromatic heterocycles. The molecule has 1 atom stereocenters. The molecule has 1 N–H and O–H groups in total. The second kappa shape index (κ2) is 14.8. The topological polar surface area (TPSA) is 102 Å². The lowest BCUT2D eigenvalue weighted by atomic mass is 9.95. The number of rotatable bonds is 11. The summed E-state index contributed by atoms with van der Waals surface area (Å²) in [6.45, 7) is 4.45. The van der Waals surface area contributed by atoms with Gasteiger partial charge in [-0.25, -0.2) is 0 Å². The fourth-order valence-electron chi connectivity index (χ4n) is 5.17. The summed E-state index contributed by atoms with van der Waals surface area (Å²) in [7, 11) is 0. The van der Waals surface area contributed by atoms with Gasteiger partial charge in [-0.05, 0) is 54.8 Å². The molecule has 0 saturated carbocycles. The molecule has 1 fully saturated rings. The van der Waals surface area contributed by atoms with Gasteiger partial charge >= 0.3 is 5.91 Å². The SMILES string of the molecule is CCOc1cc(C2/C(=C(\O)c3ccc(C)cc3)C(=O)C(=O)N2c2nnc(SCc3ccc(Cl)cc3Cl)s2)ccc1OCc1ccccc1.